The van der Waals surface area contributed by atoms with Crippen LogP contribution in [0.1, 0.15) is 25.7 Å². The second-order valence-electron chi connectivity index (χ2n) is 5.24. The van der Waals surface area contributed by atoms with Gasteiger partial charge >= 0.3 is 0 Å². The van der Waals surface area contributed by atoms with Crippen molar-refractivity contribution >= 4 is 27.3 Å². The molecule has 18 heavy (non-hydrogen) atoms. The van der Waals surface area contributed by atoms with Gasteiger partial charge in [-0.05, 0) is 43.9 Å². The predicted octanol–water partition coefficient (Wildman–Crippen LogP) is 2.98. The molecule has 3 rings (SSSR count). The quantitative estimate of drug-likeness (QED) is 0.837. The van der Waals surface area contributed by atoms with Crippen LogP contribution in [0.5, 0.6) is 0 Å². The van der Waals surface area contributed by atoms with Gasteiger partial charge in [0.15, 0.2) is 0 Å². The number of hydrogen-bond donors (Lipinski definition) is 2. The van der Waals surface area contributed by atoms with E-state index in [4.69, 9.17) is 0 Å². The van der Waals surface area contributed by atoms with Crippen molar-refractivity contribution in [1.29, 1.82) is 0 Å². The second-order valence-corrected chi connectivity index (χ2v) is 6.16. The number of aliphatic hydroxyl groups is 1. The van der Waals surface area contributed by atoms with E-state index in [1.54, 1.807) is 0 Å². The van der Waals surface area contributed by atoms with Crippen LogP contribution in [0.2, 0.25) is 0 Å². The van der Waals surface area contributed by atoms with E-state index < -0.39 is 0 Å². The number of halogens is 1. The summed E-state index contributed by atoms with van der Waals surface area (Å²) in [7, 11) is 0. The molecule has 0 atom stereocenters. The lowest BCUT2D eigenvalue weighted by molar-refractivity contribution is 0.121. The fraction of sp³-hybridized carbons (Fsp3) is 0.571. The van der Waals surface area contributed by atoms with Gasteiger partial charge in [-0.1, -0.05) is 15.9 Å². The zero-order valence-corrected chi connectivity index (χ0v) is 12.0. The highest BCUT2D eigenvalue weighted by Gasteiger charge is 2.27. The lowest BCUT2D eigenvalue weighted by atomic mass is 9.91. The number of fused-ring (bicyclic) bond motifs is 1. The number of aliphatic hydroxyl groups excluding tert-OH is 1. The normalized spacial score (nSPS) is 27.6. The summed E-state index contributed by atoms with van der Waals surface area (Å²) in [6, 6.07) is 7.04. The Labute approximate surface area is 116 Å². The molecule has 1 saturated carbocycles. The summed E-state index contributed by atoms with van der Waals surface area (Å²) >= 11 is 3.52. The molecule has 1 aliphatic carbocycles. The monoisotopic (exact) mass is 310 g/mol. The fourth-order valence-corrected chi connectivity index (χ4v) is 3.44. The molecule has 0 spiro atoms. The van der Waals surface area contributed by atoms with Crippen molar-refractivity contribution in [3.63, 3.8) is 0 Å². The molecular formula is C14H19BrN2O. The Bertz CT molecular complexity index is 430. The SMILES string of the molecule is OC1CCC(N2CCNc3cc(Br)ccc32)CC1. The maximum absolute atomic E-state index is 9.62. The van der Waals surface area contributed by atoms with E-state index in [1.165, 1.54) is 11.4 Å². The molecule has 98 valence electrons. The van der Waals surface area contributed by atoms with Gasteiger partial charge in [0, 0.05) is 23.6 Å². The van der Waals surface area contributed by atoms with Crippen LogP contribution in [-0.4, -0.2) is 30.3 Å². The third-order valence-corrected chi connectivity index (χ3v) is 4.54. The summed E-state index contributed by atoms with van der Waals surface area (Å²) in [5.74, 6) is 0. The Kier molecular flexibility index (Phi) is 3.48. The summed E-state index contributed by atoms with van der Waals surface area (Å²) in [6.07, 6.45) is 4.03. The minimum absolute atomic E-state index is 0.0754. The maximum Gasteiger partial charge on any atom is 0.0605 e. The van der Waals surface area contributed by atoms with Crippen LogP contribution in [0.4, 0.5) is 11.4 Å². The topological polar surface area (TPSA) is 35.5 Å². The van der Waals surface area contributed by atoms with Gasteiger partial charge in [-0.25, -0.2) is 0 Å². The molecule has 1 aliphatic heterocycles. The number of benzene rings is 1. The molecule has 0 saturated heterocycles. The van der Waals surface area contributed by atoms with Crippen molar-refractivity contribution < 1.29 is 5.11 Å². The van der Waals surface area contributed by atoms with Crippen LogP contribution in [0.15, 0.2) is 22.7 Å². The largest absolute Gasteiger partial charge is 0.393 e. The molecule has 0 aromatic heterocycles. The van der Waals surface area contributed by atoms with E-state index >= 15 is 0 Å². The average molecular weight is 311 g/mol. The summed E-state index contributed by atoms with van der Waals surface area (Å²) in [5, 5.41) is 13.1. The van der Waals surface area contributed by atoms with E-state index in [1.807, 2.05) is 0 Å². The van der Waals surface area contributed by atoms with E-state index in [9.17, 15) is 5.11 Å². The molecule has 0 radical (unpaired) electrons. The number of hydrogen-bond acceptors (Lipinski definition) is 3. The highest BCUT2D eigenvalue weighted by atomic mass is 79.9. The zero-order valence-electron chi connectivity index (χ0n) is 10.4. The van der Waals surface area contributed by atoms with Gasteiger partial charge in [0.25, 0.3) is 0 Å². The van der Waals surface area contributed by atoms with Crippen LogP contribution >= 0.6 is 15.9 Å². The molecule has 0 unspecified atom stereocenters. The van der Waals surface area contributed by atoms with Crippen molar-refractivity contribution in [3.8, 4) is 0 Å². The third kappa shape index (κ3) is 2.36. The molecule has 0 amide bonds. The molecule has 4 heteroatoms. The highest BCUT2D eigenvalue weighted by molar-refractivity contribution is 9.10. The van der Waals surface area contributed by atoms with Crippen molar-refractivity contribution in [2.24, 2.45) is 0 Å². The third-order valence-electron chi connectivity index (χ3n) is 4.04. The van der Waals surface area contributed by atoms with Gasteiger partial charge in [-0.2, -0.15) is 0 Å². The molecule has 0 bridgehead atoms. The number of rotatable bonds is 1. The molecule has 1 heterocycles. The first kappa shape index (κ1) is 12.3. The first-order valence-corrected chi connectivity index (χ1v) is 7.51. The average Bonchev–Trinajstić information content (AvgIpc) is 2.38. The van der Waals surface area contributed by atoms with Gasteiger partial charge < -0.3 is 15.3 Å². The van der Waals surface area contributed by atoms with Crippen molar-refractivity contribution in [3.05, 3.63) is 22.7 Å². The van der Waals surface area contributed by atoms with Crippen LogP contribution in [0.3, 0.4) is 0 Å². The Morgan fingerprint density at radius 2 is 2.00 bits per heavy atom. The van der Waals surface area contributed by atoms with E-state index in [0.29, 0.717) is 6.04 Å². The minimum atomic E-state index is -0.0754. The Hall–Kier alpha value is -0.740. The van der Waals surface area contributed by atoms with Crippen LogP contribution < -0.4 is 10.2 Å². The van der Waals surface area contributed by atoms with Crippen LogP contribution in [0, 0.1) is 0 Å². The Morgan fingerprint density at radius 1 is 1.22 bits per heavy atom. The molecule has 1 aromatic carbocycles. The van der Waals surface area contributed by atoms with E-state index in [2.05, 4.69) is 44.3 Å². The molecule has 2 aliphatic rings. The fourth-order valence-electron chi connectivity index (χ4n) is 3.08. The Morgan fingerprint density at radius 3 is 2.78 bits per heavy atom. The molecular weight excluding hydrogens is 292 g/mol. The molecule has 1 fully saturated rings. The summed E-state index contributed by atoms with van der Waals surface area (Å²) in [6.45, 7) is 2.07. The second kappa shape index (κ2) is 5.10. The molecule has 1 aromatic rings. The minimum Gasteiger partial charge on any atom is -0.393 e. The number of anilines is 2. The summed E-state index contributed by atoms with van der Waals surface area (Å²) in [5.41, 5.74) is 2.53. The standard InChI is InChI=1S/C14H19BrN2O/c15-10-1-6-14-13(9-10)16-7-8-17(14)11-2-4-12(18)5-3-11/h1,6,9,11-12,16,18H,2-5,7-8H2. The van der Waals surface area contributed by atoms with Crippen LogP contribution in [-0.2, 0) is 0 Å². The molecule has 3 nitrogen and oxygen atoms in total. The first-order chi connectivity index (χ1) is 8.74. The van der Waals surface area contributed by atoms with Gasteiger partial charge in [-0.15, -0.1) is 0 Å². The van der Waals surface area contributed by atoms with Gasteiger partial charge in [0.05, 0.1) is 17.5 Å². The van der Waals surface area contributed by atoms with Crippen molar-refractivity contribution in [2.45, 2.75) is 37.8 Å². The van der Waals surface area contributed by atoms with Gasteiger partial charge in [0.1, 0.15) is 0 Å². The smallest absolute Gasteiger partial charge is 0.0605 e. The highest BCUT2D eigenvalue weighted by Crippen LogP contribution is 2.36. The Balaban J connectivity index is 1.82. The first-order valence-electron chi connectivity index (χ1n) is 6.72. The summed E-state index contributed by atoms with van der Waals surface area (Å²) < 4.78 is 1.12. The number of nitrogens with zero attached hydrogens (tertiary/aromatic N) is 1. The molecule has 2 N–H and O–H groups in total. The van der Waals surface area contributed by atoms with E-state index in [0.717, 1.165) is 43.2 Å². The lowest BCUT2D eigenvalue weighted by Crippen LogP contribution is -2.44. The maximum atomic E-state index is 9.62. The van der Waals surface area contributed by atoms with Gasteiger partial charge in [-0.3, -0.25) is 0 Å². The van der Waals surface area contributed by atoms with E-state index in [-0.39, 0.29) is 6.10 Å². The summed E-state index contributed by atoms with van der Waals surface area (Å²) in [4.78, 5) is 2.52. The lowest BCUT2D eigenvalue weighted by Gasteiger charge is -2.41. The predicted molar refractivity (Wildman–Crippen MR) is 78.2 cm³/mol. The van der Waals surface area contributed by atoms with Gasteiger partial charge in [0.2, 0.25) is 0 Å². The van der Waals surface area contributed by atoms with Crippen LogP contribution in [0.25, 0.3) is 0 Å². The van der Waals surface area contributed by atoms with Crippen molar-refractivity contribution in [2.75, 3.05) is 23.3 Å². The zero-order chi connectivity index (χ0) is 12.5. The number of nitrogens with one attached hydrogen (secondary N) is 1. The van der Waals surface area contributed by atoms with Crippen molar-refractivity contribution in [1.82, 2.24) is 0 Å².